The van der Waals surface area contributed by atoms with Gasteiger partial charge in [-0.05, 0) is 135 Å². The van der Waals surface area contributed by atoms with Crippen LogP contribution in [0.15, 0.2) is 59.2 Å². The second kappa shape index (κ2) is 30.7. The summed E-state index contributed by atoms with van der Waals surface area (Å²) in [6.07, 6.45) is 9.62. The zero-order valence-electron chi connectivity index (χ0n) is 54.9. The summed E-state index contributed by atoms with van der Waals surface area (Å²) in [4.78, 5) is 77.0. The van der Waals surface area contributed by atoms with Crippen LogP contribution in [0.25, 0.3) is 0 Å². The summed E-state index contributed by atoms with van der Waals surface area (Å²) in [5.41, 5.74) is 5.87. The highest BCUT2D eigenvalue weighted by molar-refractivity contribution is 9.10. The number of ether oxygens (including phenoxy) is 8. The molecule has 9 saturated heterocycles. The first-order valence-corrected chi connectivity index (χ1v) is 33.6. The second-order valence-corrected chi connectivity index (χ2v) is 32.5. The summed E-state index contributed by atoms with van der Waals surface area (Å²) in [7, 11) is -1.42. The predicted octanol–water partition coefficient (Wildman–Crippen LogP) is 4.65. The van der Waals surface area contributed by atoms with Gasteiger partial charge in [0.05, 0.1) is 119 Å². The number of carbonyl (C=O) groups is 5. The zero-order chi connectivity index (χ0) is 65.2. The van der Waals surface area contributed by atoms with Crippen LogP contribution in [0.2, 0.25) is 0 Å². The zero-order valence-corrected chi connectivity index (χ0v) is 59.5. The standard InChI is InChI=1S/C16H22N2O3.C11H14BrNO2.C10H13N3O.C10H17NO3.C8H13NO3.C5H9NO.C3H9OS.HI/c1-15(2,3)21-14(19)9-12-5-4-6-13(17-12)18-10-16(11-18)7-8-20-16;1-11(2,3)15-10(14)7-8-5-4-6-9(12)13-8;11-8-2-1-3-9(12-8)13-6-10(7-13)4-5-14-10;1-9(2,3)14-8(12)11-6-10(7-11)4-5-13-10;1-8(2,3)12-7(11)9-4-6(10)5-9;1-2-7-5(1)3-6-4-5;1-5(2,3)4;/h4-6H,7-11H2,1-3H3;4-6H,7H2,1-3H3;1-3H,4-7H2,(H2,11,12);4-7H2,1-3H3;4-5H2,1-3H3;6H,1-4H2;1-3H3;1H/q;;;;;;+1;/p-1. The number of rotatable bonds is 6. The van der Waals surface area contributed by atoms with Gasteiger partial charge in [-0.2, -0.15) is 0 Å². The number of halogens is 2. The molecule has 0 unspecified atom stereocenters. The maximum Gasteiger partial charge on any atom is 0.411 e. The lowest BCUT2D eigenvalue weighted by atomic mass is 9.86. The smallest absolute Gasteiger partial charge is 0.411 e. The van der Waals surface area contributed by atoms with Crippen LogP contribution >= 0.6 is 15.9 Å². The Balaban J connectivity index is 0.000000195. The number of hydrogen-bond donors (Lipinski definition) is 2. The SMILES string of the molecule is C1CC2(CNC2)O1.CC(C)(C)OC(=O)Cc1cccc(Br)n1.CC(C)(C)OC(=O)Cc1cccc(N2CC3(CCO3)C2)n1.CC(C)(C)OC(=O)N1CC(=O)C1.CC(C)(C)OC(=O)N1CC2(CCO2)C1.C[S+](C)(C)=O.Nc1cccc(N2CC3(CCO3)C2)n1.[I-]. The highest BCUT2D eigenvalue weighted by atomic mass is 127. The topological polar surface area (TPSA) is 266 Å². The Bertz CT molecular complexity index is 2870. The van der Waals surface area contributed by atoms with E-state index in [1.54, 1.807) is 56.6 Å². The molecule has 3 N–H and O–H groups in total. The van der Waals surface area contributed by atoms with Crippen molar-refractivity contribution in [2.75, 3.05) is 126 Å². The first-order chi connectivity index (χ1) is 40.7. The van der Waals surface area contributed by atoms with Crippen molar-refractivity contribution in [2.24, 2.45) is 0 Å². The quantitative estimate of drug-likeness (QED) is 0.112. The maximum absolute atomic E-state index is 11.9. The van der Waals surface area contributed by atoms with E-state index in [9.17, 15) is 28.2 Å². The van der Waals surface area contributed by atoms with Gasteiger partial charge >= 0.3 is 24.1 Å². The molecule has 12 heterocycles. The van der Waals surface area contributed by atoms with Crippen LogP contribution in [0.5, 0.6) is 0 Å². The lowest BCUT2D eigenvalue weighted by molar-refractivity contribution is -0.214. The average Bonchev–Trinajstić information content (AvgIpc) is 3.22. The third-order valence-corrected chi connectivity index (χ3v) is 14.6. The van der Waals surface area contributed by atoms with E-state index in [0.717, 1.165) is 100 Å². The van der Waals surface area contributed by atoms with E-state index in [-0.39, 0.29) is 90.5 Å². The van der Waals surface area contributed by atoms with Gasteiger partial charge in [0.15, 0.2) is 5.78 Å². The highest BCUT2D eigenvalue weighted by Crippen LogP contribution is 2.40. The first kappa shape index (κ1) is 74.9. The van der Waals surface area contributed by atoms with Crippen molar-refractivity contribution in [3.05, 3.63) is 70.6 Å². The Labute approximate surface area is 553 Å². The number of carbonyl (C=O) groups excluding carboxylic acids is 5. The number of pyridine rings is 3. The molecule has 12 rings (SSSR count). The monoisotopic (exact) mass is 1440 g/mol. The minimum atomic E-state index is -1.42. The molecule has 9 aliphatic rings. The Hall–Kier alpha value is -4.84. The number of hydrogen-bond acceptors (Lipinski definition) is 21. The van der Waals surface area contributed by atoms with Crippen molar-refractivity contribution >= 4 is 73.2 Å². The predicted molar refractivity (Wildman–Crippen MR) is 341 cm³/mol. The molecule has 0 radical (unpaired) electrons. The number of anilines is 3. The normalized spacial score (nSPS) is 19.7. The molecule has 26 heteroatoms. The van der Waals surface area contributed by atoms with Gasteiger partial charge in [-0.15, -0.1) is 4.21 Å². The Morgan fingerprint density at radius 1 is 0.551 bits per heavy atom. The number of nitrogens with zero attached hydrogens (tertiary/aromatic N) is 7. The lowest BCUT2D eigenvalue weighted by Crippen LogP contribution is -3.00. The first-order valence-electron chi connectivity index (χ1n) is 30.1. The molecule has 0 aromatic carbocycles. The molecule has 9 fully saturated rings. The molecule has 0 aliphatic carbocycles. The number of Topliss-reactive ketones (excluding diaryl/α,β-unsaturated/α-hetero) is 1. The number of nitrogens with two attached hydrogens (primary N) is 1. The van der Waals surface area contributed by atoms with Crippen LogP contribution in [0.3, 0.4) is 0 Å². The van der Waals surface area contributed by atoms with Crippen LogP contribution in [-0.2, 0) is 79.3 Å². The van der Waals surface area contributed by atoms with Gasteiger partial charge in [0.25, 0.3) is 0 Å². The van der Waals surface area contributed by atoms with Crippen molar-refractivity contribution < 1.29 is 90.1 Å². The van der Waals surface area contributed by atoms with E-state index < -0.39 is 38.4 Å². The molecular weight excluding hydrogens is 1350 g/mol. The van der Waals surface area contributed by atoms with Crippen LogP contribution < -0.4 is 44.8 Å². The number of aromatic nitrogens is 3. The molecule has 89 heavy (non-hydrogen) atoms. The number of nitrogens with one attached hydrogen (secondary N) is 1. The van der Waals surface area contributed by atoms with Crippen molar-refractivity contribution in [1.29, 1.82) is 0 Å². The van der Waals surface area contributed by atoms with E-state index in [1.165, 1.54) is 17.7 Å². The fraction of sp³-hybridized carbons (Fsp3) is 0.683. The van der Waals surface area contributed by atoms with Crippen LogP contribution in [0.4, 0.5) is 27.0 Å². The van der Waals surface area contributed by atoms with Gasteiger partial charge < -0.3 is 87.6 Å². The minimum absolute atomic E-state index is 0. The number of esters is 2. The van der Waals surface area contributed by atoms with Crippen molar-refractivity contribution in [1.82, 2.24) is 30.1 Å². The maximum atomic E-state index is 11.9. The minimum Gasteiger partial charge on any atom is -1.00 e. The van der Waals surface area contributed by atoms with E-state index >= 15 is 0 Å². The van der Waals surface area contributed by atoms with Crippen LogP contribution in [0, 0.1) is 0 Å². The molecule has 0 bridgehead atoms. The van der Waals surface area contributed by atoms with Crippen molar-refractivity contribution in [3.63, 3.8) is 0 Å². The fourth-order valence-corrected chi connectivity index (χ4v) is 9.89. The fourth-order valence-electron chi connectivity index (χ4n) is 9.51. The summed E-state index contributed by atoms with van der Waals surface area (Å²) in [6, 6.07) is 17.0. The van der Waals surface area contributed by atoms with Gasteiger partial charge in [0, 0.05) is 38.8 Å². The second-order valence-electron chi connectivity index (χ2n) is 28.3. The Kier molecular flexibility index (Phi) is 25.9. The van der Waals surface area contributed by atoms with Crippen LogP contribution in [0.1, 0.15) is 120 Å². The summed E-state index contributed by atoms with van der Waals surface area (Å²) in [5.74, 6) is 2.05. The number of ketones is 1. The number of nitrogen functional groups attached to an aromatic ring is 1. The summed E-state index contributed by atoms with van der Waals surface area (Å²) < 4.78 is 53.5. The van der Waals surface area contributed by atoms with Crippen molar-refractivity contribution in [3.8, 4) is 0 Å². The molecule has 3 aromatic rings. The Morgan fingerprint density at radius 3 is 1.21 bits per heavy atom. The third kappa shape index (κ3) is 25.3. The number of amides is 2. The summed E-state index contributed by atoms with van der Waals surface area (Å²) in [6.45, 7) is 33.5. The molecule has 4 spiro atoms. The molecule has 3 aromatic heterocycles. The summed E-state index contributed by atoms with van der Waals surface area (Å²) in [5, 5.41) is 3.18. The Morgan fingerprint density at radius 2 is 0.899 bits per heavy atom. The van der Waals surface area contributed by atoms with E-state index in [0.29, 0.717) is 30.2 Å². The van der Waals surface area contributed by atoms with Gasteiger partial charge in [-0.3, -0.25) is 19.3 Å². The van der Waals surface area contributed by atoms with Crippen molar-refractivity contribution in [2.45, 2.75) is 166 Å². The van der Waals surface area contributed by atoms with Crippen LogP contribution in [-0.4, -0.2) is 210 Å². The molecule has 2 amide bonds. The molecule has 0 saturated carbocycles. The van der Waals surface area contributed by atoms with E-state index in [4.69, 9.17) is 43.6 Å². The molecule has 498 valence electrons. The molecule has 0 atom stereocenters. The molecular formula is C63H97BrIN9O14S. The number of likely N-dealkylation sites (tertiary alicyclic amines) is 2. The van der Waals surface area contributed by atoms with E-state index in [1.807, 2.05) is 105 Å². The van der Waals surface area contributed by atoms with E-state index in [2.05, 4.69) is 46.0 Å². The third-order valence-electron chi connectivity index (χ3n) is 14.1. The van der Waals surface area contributed by atoms with Gasteiger partial charge in [-0.25, -0.2) is 24.5 Å². The van der Waals surface area contributed by atoms with Gasteiger partial charge in [-0.1, -0.05) is 18.2 Å². The lowest BCUT2D eigenvalue weighted by Gasteiger charge is -2.55. The highest BCUT2D eigenvalue weighted by Gasteiger charge is 2.53. The molecule has 9 aliphatic heterocycles. The largest absolute Gasteiger partial charge is 1.00 e. The molecule has 23 nitrogen and oxygen atoms in total. The van der Waals surface area contributed by atoms with Gasteiger partial charge in [0.1, 0.15) is 80.0 Å². The average molecular weight is 1440 g/mol. The summed E-state index contributed by atoms with van der Waals surface area (Å²) >= 11 is 3.25. The van der Waals surface area contributed by atoms with Gasteiger partial charge in [0.2, 0.25) is 0 Å².